The van der Waals surface area contributed by atoms with E-state index in [0.29, 0.717) is 23.2 Å². The van der Waals surface area contributed by atoms with Crippen molar-refractivity contribution in [2.24, 2.45) is 5.92 Å². The molecular formula is C26H34BrClN2O3. The Morgan fingerprint density at radius 2 is 1.82 bits per heavy atom. The second-order valence-electron chi connectivity index (χ2n) is 9.65. The number of carbonyl (C=O) groups is 2. The lowest BCUT2D eigenvalue weighted by Crippen LogP contribution is -2.49. The molecule has 0 spiro atoms. The molecule has 0 aliphatic heterocycles. The van der Waals surface area contributed by atoms with E-state index in [2.05, 4.69) is 42.0 Å². The van der Waals surface area contributed by atoms with Crippen LogP contribution in [0.3, 0.4) is 0 Å². The minimum Gasteiger partial charge on any atom is -0.483 e. The highest BCUT2D eigenvalue weighted by molar-refractivity contribution is 9.10. The number of hydrogen-bond acceptors (Lipinski definition) is 3. The van der Waals surface area contributed by atoms with Gasteiger partial charge in [-0.15, -0.1) is 0 Å². The number of carbonyl (C=O) groups excluding carboxylic acids is 2. The van der Waals surface area contributed by atoms with Crippen molar-refractivity contribution in [3.63, 3.8) is 0 Å². The summed E-state index contributed by atoms with van der Waals surface area (Å²) in [4.78, 5) is 27.5. The third-order valence-corrected chi connectivity index (χ3v) is 6.10. The summed E-state index contributed by atoms with van der Waals surface area (Å²) < 4.78 is 6.63. The van der Waals surface area contributed by atoms with Gasteiger partial charge in [0.1, 0.15) is 11.8 Å². The fourth-order valence-electron chi connectivity index (χ4n) is 3.17. The van der Waals surface area contributed by atoms with Crippen molar-refractivity contribution in [1.29, 1.82) is 0 Å². The first-order valence-electron chi connectivity index (χ1n) is 11.1. The lowest BCUT2D eigenvalue weighted by atomic mass is 9.87. The lowest BCUT2D eigenvalue weighted by Gasteiger charge is -2.29. The van der Waals surface area contributed by atoms with Crippen molar-refractivity contribution < 1.29 is 14.3 Å². The van der Waals surface area contributed by atoms with Crippen LogP contribution in [0.15, 0.2) is 46.9 Å². The smallest absolute Gasteiger partial charge is 0.261 e. The molecule has 1 atom stereocenters. The maximum Gasteiger partial charge on any atom is 0.261 e. The van der Waals surface area contributed by atoms with E-state index in [1.54, 1.807) is 19.1 Å². The molecule has 5 nitrogen and oxygen atoms in total. The number of hydrogen-bond donors (Lipinski definition) is 1. The van der Waals surface area contributed by atoms with E-state index in [1.807, 2.05) is 44.2 Å². The molecule has 2 amide bonds. The van der Waals surface area contributed by atoms with Gasteiger partial charge in [0.05, 0.1) is 4.47 Å². The Labute approximate surface area is 211 Å². The number of rotatable bonds is 9. The van der Waals surface area contributed by atoms with E-state index in [-0.39, 0.29) is 30.4 Å². The number of benzene rings is 2. The first-order valence-corrected chi connectivity index (χ1v) is 12.3. The van der Waals surface area contributed by atoms with Gasteiger partial charge in [0, 0.05) is 18.1 Å². The molecule has 0 fully saturated rings. The van der Waals surface area contributed by atoms with Gasteiger partial charge in [-0.1, -0.05) is 64.4 Å². The van der Waals surface area contributed by atoms with Gasteiger partial charge in [0.25, 0.3) is 5.91 Å². The molecule has 0 saturated carbocycles. The van der Waals surface area contributed by atoms with Crippen LogP contribution in [0.4, 0.5) is 0 Å². The second kappa shape index (κ2) is 11.9. The SMILES string of the molecule is CC(C)CNC(=O)[C@@H](C)N(Cc1cccc(Cl)c1)C(=O)COc1ccc(C(C)(C)C)cc1Br. The van der Waals surface area contributed by atoms with E-state index in [1.165, 1.54) is 4.90 Å². The molecule has 0 heterocycles. The zero-order chi connectivity index (χ0) is 24.8. The summed E-state index contributed by atoms with van der Waals surface area (Å²) in [5.41, 5.74) is 2.00. The summed E-state index contributed by atoms with van der Waals surface area (Å²) in [7, 11) is 0. The van der Waals surface area contributed by atoms with Crippen LogP contribution in [0.25, 0.3) is 0 Å². The summed E-state index contributed by atoms with van der Waals surface area (Å²) in [6, 6.07) is 12.5. The Balaban J connectivity index is 2.17. The average Bonchev–Trinajstić information content (AvgIpc) is 2.73. The molecule has 33 heavy (non-hydrogen) atoms. The van der Waals surface area contributed by atoms with Crippen molar-refractivity contribution in [3.05, 3.63) is 63.1 Å². The Bertz CT molecular complexity index is 972. The number of nitrogens with zero attached hydrogens (tertiary/aromatic N) is 1. The Morgan fingerprint density at radius 1 is 1.12 bits per heavy atom. The van der Waals surface area contributed by atoms with Crippen molar-refractivity contribution >= 4 is 39.3 Å². The highest BCUT2D eigenvalue weighted by Crippen LogP contribution is 2.31. The Hall–Kier alpha value is -2.05. The minimum absolute atomic E-state index is 0.00338. The normalized spacial score (nSPS) is 12.4. The van der Waals surface area contributed by atoms with Crippen LogP contribution >= 0.6 is 27.5 Å². The maximum atomic E-state index is 13.2. The third kappa shape index (κ3) is 8.35. The van der Waals surface area contributed by atoms with E-state index in [4.69, 9.17) is 16.3 Å². The molecule has 0 aliphatic carbocycles. The molecule has 2 rings (SSSR count). The standard InChI is InChI=1S/C26H34BrClN2O3/c1-17(2)14-29-25(32)18(3)30(15-19-8-7-9-21(28)12-19)24(31)16-33-23-11-10-20(13-22(23)27)26(4,5)6/h7-13,17-18H,14-16H2,1-6H3,(H,29,32)/t18-/m1/s1. The van der Waals surface area contributed by atoms with Gasteiger partial charge in [-0.25, -0.2) is 0 Å². The van der Waals surface area contributed by atoms with Crippen LogP contribution in [0.5, 0.6) is 5.75 Å². The third-order valence-electron chi connectivity index (χ3n) is 5.24. The van der Waals surface area contributed by atoms with Crippen molar-refractivity contribution in [3.8, 4) is 5.75 Å². The predicted octanol–water partition coefficient (Wildman–Crippen LogP) is 5.97. The van der Waals surface area contributed by atoms with Crippen LogP contribution in [0.1, 0.15) is 52.7 Å². The molecule has 7 heteroatoms. The molecular weight excluding hydrogens is 504 g/mol. The average molecular weight is 538 g/mol. The maximum absolute atomic E-state index is 13.2. The van der Waals surface area contributed by atoms with Gasteiger partial charge in [0.2, 0.25) is 5.91 Å². The molecule has 0 unspecified atom stereocenters. The van der Waals surface area contributed by atoms with Crippen LogP contribution in [0.2, 0.25) is 5.02 Å². The fourth-order valence-corrected chi connectivity index (χ4v) is 3.88. The summed E-state index contributed by atoms with van der Waals surface area (Å²) in [5, 5.41) is 3.49. The van der Waals surface area contributed by atoms with Gasteiger partial charge >= 0.3 is 0 Å². The summed E-state index contributed by atoms with van der Waals surface area (Å²) >= 11 is 9.67. The second-order valence-corrected chi connectivity index (χ2v) is 10.9. The molecule has 0 aliphatic rings. The van der Waals surface area contributed by atoms with E-state index in [0.717, 1.165) is 15.6 Å². The number of nitrogens with one attached hydrogen (secondary N) is 1. The largest absolute Gasteiger partial charge is 0.483 e. The summed E-state index contributed by atoms with van der Waals surface area (Å²) in [5.74, 6) is 0.412. The highest BCUT2D eigenvalue weighted by atomic mass is 79.9. The Kier molecular flexibility index (Phi) is 9.80. The fraction of sp³-hybridized carbons (Fsp3) is 0.462. The predicted molar refractivity (Wildman–Crippen MR) is 138 cm³/mol. The lowest BCUT2D eigenvalue weighted by molar-refractivity contribution is -0.142. The van der Waals surface area contributed by atoms with Crippen molar-refractivity contribution in [2.45, 2.75) is 59.5 Å². The van der Waals surface area contributed by atoms with Gasteiger partial charge in [0.15, 0.2) is 6.61 Å². The summed E-state index contributed by atoms with van der Waals surface area (Å²) in [6.07, 6.45) is 0. The van der Waals surface area contributed by atoms with Crippen LogP contribution in [0, 0.1) is 5.92 Å². The highest BCUT2D eigenvalue weighted by Gasteiger charge is 2.27. The molecule has 0 radical (unpaired) electrons. The summed E-state index contributed by atoms with van der Waals surface area (Å²) in [6.45, 7) is 12.8. The van der Waals surface area contributed by atoms with Crippen LogP contribution < -0.4 is 10.1 Å². The first-order chi connectivity index (χ1) is 15.4. The monoisotopic (exact) mass is 536 g/mol. The zero-order valence-corrected chi connectivity index (χ0v) is 22.6. The molecule has 0 aromatic heterocycles. The zero-order valence-electron chi connectivity index (χ0n) is 20.2. The van der Waals surface area contributed by atoms with Crippen molar-refractivity contribution in [2.75, 3.05) is 13.2 Å². The minimum atomic E-state index is -0.662. The molecule has 2 aromatic rings. The molecule has 0 bridgehead atoms. The Morgan fingerprint density at radius 3 is 2.39 bits per heavy atom. The van der Waals surface area contributed by atoms with Gasteiger partial charge < -0.3 is 15.0 Å². The number of amides is 2. The van der Waals surface area contributed by atoms with E-state index in [9.17, 15) is 9.59 Å². The van der Waals surface area contributed by atoms with Crippen molar-refractivity contribution in [1.82, 2.24) is 10.2 Å². The molecule has 2 aromatic carbocycles. The van der Waals surface area contributed by atoms with Crippen LogP contribution in [-0.4, -0.2) is 35.9 Å². The molecule has 180 valence electrons. The van der Waals surface area contributed by atoms with E-state index >= 15 is 0 Å². The first kappa shape index (κ1) is 27.2. The topological polar surface area (TPSA) is 58.6 Å². The quantitative estimate of drug-likeness (QED) is 0.429. The molecule has 0 saturated heterocycles. The van der Waals surface area contributed by atoms with Gasteiger partial charge in [-0.2, -0.15) is 0 Å². The van der Waals surface area contributed by atoms with Gasteiger partial charge in [-0.3, -0.25) is 9.59 Å². The van der Waals surface area contributed by atoms with E-state index < -0.39 is 6.04 Å². The number of halogens is 2. The molecule has 1 N–H and O–H groups in total. The van der Waals surface area contributed by atoms with Crippen LogP contribution in [-0.2, 0) is 21.5 Å². The number of ether oxygens (including phenoxy) is 1. The van der Waals surface area contributed by atoms with Gasteiger partial charge in [-0.05, 0) is 69.6 Å².